The lowest BCUT2D eigenvalue weighted by atomic mass is 10.0. The zero-order chi connectivity index (χ0) is 73.8. The molecule has 9 atom stereocenters. The van der Waals surface area contributed by atoms with Gasteiger partial charge in [0.15, 0.2) is 0 Å². The molecule has 0 aliphatic carbocycles. The standard InChI is InChI=1S/C74H125N9O17P2S/c1-4-7-10-13-16-19-22-25-28-31-34-37-40-43-65(84)75-62-48-51-81(72(87)78-62)68-47-46-59(97-68)55-94-101(90,91)95-56-61-60(54-69(98-61)82-52-49-63(79-73(82)88)76-66(85)44-41-38-35-32-29-26-23-20-17-14-11-8-5-2)100-102(92,93)96-57-71-99-70(58-103-71)83-53-50-64(80-74(83)89)77-67(86)45-42-39-36-33-30-27-24-21-18-15-12-9-6-3/h48-53,59-61,68-71H,4-47,54-58H2,1-3H3,(H,90,91)(H,92,93)(H,75,78,84,87)(H,76,79,85,88)(H,77,80,86,89). The monoisotopic (exact) mass is 1510 g/mol. The van der Waals surface area contributed by atoms with Crippen molar-refractivity contribution >= 4 is 62.6 Å². The molecule has 6 rings (SSSR count). The molecular weight excluding hydrogens is 1380 g/mol. The maximum Gasteiger partial charge on any atom is 0.472 e. The highest BCUT2D eigenvalue weighted by Gasteiger charge is 2.44. The van der Waals surface area contributed by atoms with E-state index in [1.54, 1.807) is 0 Å². The van der Waals surface area contributed by atoms with Gasteiger partial charge in [-0.1, -0.05) is 252 Å². The van der Waals surface area contributed by atoms with Crippen LogP contribution < -0.4 is 33.0 Å². The maximum absolute atomic E-state index is 13.8. The fraction of sp³-hybridized carbons (Fsp3) is 0.797. The van der Waals surface area contributed by atoms with E-state index in [9.17, 15) is 47.7 Å². The van der Waals surface area contributed by atoms with Crippen LogP contribution in [0.3, 0.4) is 0 Å². The number of carbonyl (C=O) groups excluding carboxylic acids is 3. The van der Waals surface area contributed by atoms with E-state index in [0.717, 1.165) is 75.2 Å². The summed E-state index contributed by atoms with van der Waals surface area (Å²) in [4.78, 5) is 113. The summed E-state index contributed by atoms with van der Waals surface area (Å²) in [6, 6.07) is 4.42. The van der Waals surface area contributed by atoms with Crippen LogP contribution in [0, 0.1) is 0 Å². The van der Waals surface area contributed by atoms with Crippen molar-refractivity contribution in [3.05, 3.63) is 68.2 Å². The number of anilines is 3. The number of nitrogens with one attached hydrogen (secondary N) is 3. The Labute approximate surface area is 615 Å². The Hall–Kier alpha value is -4.50. The molecule has 3 saturated heterocycles. The number of aromatic nitrogens is 6. The summed E-state index contributed by atoms with van der Waals surface area (Å²) in [6.45, 7) is 5.01. The number of amides is 3. The van der Waals surface area contributed by atoms with E-state index < -0.39 is 95.0 Å². The lowest BCUT2D eigenvalue weighted by molar-refractivity contribution is -0.117. The number of rotatable bonds is 59. The predicted octanol–water partition coefficient (Wildman–Crippen LogP) is 17.2. The summed E-state index contributed by atoms with van der Waals surface area (Å²) in [6.07, 6.45) is 45.4. The van der Waals surface area contributed by atoms with E-state index in [1.807, 2.05) is 0 Å². The third-order valence-electron chi connectivity index (χ3n) is 19.2. The second-order valence-electron chi connectivity index (χ2n) is 28.1. The summed E-state index contributed by atoms with van der Waals surface area (Å²) in [5.74, 6) is -0.272. The summed E-state index contributed by atoms with van der Waals surface area (Å²) < 4.78 is 70.9. The molecule has 0 aromatic carbocycles. The minimum atomic E-state index is -5.03. The number of hydrogen-bond acceptors (Lipinski definition) is 19. The van der Waals surface area contributed by atoms with E-state index >= 15 is 0 Å². The highest BCUT2D eigenvalue weighted by molar-refractivity contribution is 8.00. The van der Waals surface area contributed by atoms with E-state index in [-0.39, 0.29) is 53.8 Å². The van der Waals surface area contributed by atoms with Gasteiger partial charge in [-0.3, -0.25) is 46.2 Å². The van der Waals surface area contributed by atoms with Crippen molar-refractivity contribution in [3.63, 3.8) is 0 Å². The van der Waals surface area contributed by atoms with Gasteiger partial charge in [-0.25, -0.2) is 23.5 Å². The van der Waals surface area contributed by atoms with E-state index in [0.29, 0.717) is 32.1 Å². The van der Waals surface area contributed by atoms with Crippen molar-refractivity contribution in [2.75, 3.05) is 41.5 Å². The Balaban J connectivity index is 0.953. The molecule has 0 spiro atoms. The van der Waals surface area contributed by atoms with Gasteiger partial charge >= 0.3 is 32.7 Å². The smallest absolute Gasteiger partial charge is 0.352 e. The number of phosphoric ester groups is 2. The summed E-state index contributed by atoms with van der Waals surface area (Å²) >= 11 is 1.20. The average Bonchev–Trinajstić information content (AvgIpc) is 1.68. The van der Waals surface area contributed by atoms with Crippen LogP contribution in [-0.4, -0.2) is 105 Å². The quantitative estimate of drug-likeness (QED) is 0.0259. The van der Waals surface area contributed by atoms with Crippen molar-refractivity contribution in [3.8, 4) is 0 Å². The zero-order valence-corrected chi connectivity index (χ0v) is 64.8. The third-order valence-corrected chi connectivity index (χ3v) is 22.3. The number of nitrogens with zero attached hydrogens (tertiary/aromatic N) is 6. The molecule has 3 aliphatic rings. The van der Waals surface area contributed by atoms with Gasteiger partial charge in [0.1, 0.15) is 53.8 Å². The second kappa shape index (κ2) is 50.9. The van der Waals surface area contributed by atoms with E-state index in [2.05, 4.69) is 51.7 Å². The van der Waals surface area contributed by atoms with Crippen molar-refractivity contribution in [2.24, 2.45) is 0 Å². The third kappa shape index (κ3) is 36.3. The Bertz CT molecular complexity index is 3180. The zero-order valence-electron chi connectivity index (χ0n) is 62.2. The number of unbranched alkanes of at least 4 members (excludes halogenated alkanes) is 36. The molecule has 3 aromatic rings. The van der Waals surface area contributed by atoms with Crippen LogP contribution in [0.2, 0.25) is 0 Å². The summed E-state index contributed by atoms with van der Waals surface area (Å²) in [7, 11) is -9.97. The first-order valence-electron chi connectivity index (χ1n) is 39.5. The summed E-state index contributed by atoms with van der Waals surface area (Å²) in [5, 5.41) is 8.10. The average molecular weight is 1510 g/mol. The molecule has 0 radical (unpaired) electrons. The minimum absolute atomic E-state index is 0.0136. The van der Waals surface area contributed by atoms with Crippen LogP contribution in [0.1, 0.15) is 328 Å². The summed E-state index contributed by atoms with van der Waals surface area (Å²) in [5.41, 5.74) is -3.03. The second-order valence-corrected chi connectivity index (χ2v) is 32.2. The number of ether oxygens (including phenoxy) is 3. The van der Waals surface area contributed by atoms with Gasteiger partial charge in [0.2, 0.25) is 17.7 Å². The first-order chi connectivity index (χ1) is 49.9. The van der Waals surface area contributed by atoms with Crippen molar-refractivity contribution in [2.45, 2.75) is 352 Å². The molecule has 0 bridgehead atoms. The molecular formula is C74H125N9O17P2S. The molecule has 0 saturated carbocycles. The topological polar surface area (TPSA) is 331 Å². The number of hydrogen-bond donors (Lipinski definition) is 5. The van der Waals surface area contributed by atoms with Crippen LogP contribution in [0.4, 0.5) is 17.5 Å². The van der Waals surface area contributed by atoms with E-state index in [1.165, 1.54) is 231 Å². The van der Waals surface area contributed by atoms with Gasteiger partial charge in [-0.2, -0.15) is 15.0 Å². The van der Waals surface area contributed by atoms with Crippen LogP contribution in [0.15, 0.2) is 51.2 Å². The van der Waals surface area contributed by atoms with Crippen LogP contribution in [0.25, 0.3) is 0 Å². The molecule has 3 aliphatic heterocycles. The molecule has 3 fully saturated rings. The number of phosphoric acid groups is 2. The van der Waals surface area contributed by atoms with E-state index in [4.69, 9.17) is 32.3 Å². The fourth-order valence-corrected chi connectivity index (χ4v) is 16.0. The Morgan fingerprint density at radius 3 is 1.17 bits per heavy atom. The lowest BCUT2D eigenvalue weighted by Gasteiger charge is -2.23. The number of thioether (sulfide) groups is 1. The molecule has 6 heterocycles. The predicted molar refractivity (Wildman–Crippen MR) is 403 cm³/mol. The normalized spacial score (nSPS) is 20.1. The van der Waals surface area contributed by atoms with Gasteiger partial charge in [0, 0.05) is 50.0 Å². The number of carbonyl (C=O) groups is 3. The fourth-order valence-electron chi connectivity index (χ4n) is 13.2. The minimum Gasteiger partial charge on any atom is -0.352 e. The molecule has 584 valence electrons. The highest BCUT2D eigenvalue weighted by atomic mass is 32.2. The van der Waals surface area contributed by atoms with Gasteiger partial charge in [-0.15, -0.1) is 11.8 Å². The molecule has 9 unspecified atom stereocenters. The SMILES string of the molecule is CCCCCCCCCCCCCCCC(=O)Nc1ccn(C2CCC(COP(=O)(O)OCC3OC(n4ccc(NC(=O)CCCCCCCCCCCCCCC)nc4=O)CC3OP(=O)(O)OCC3OC(n4ccc(NC(=O)CCCCCCCCCCCCCCC)nc4=O)CS3)O2)c(=O)n1. The Morgan fingerprint density at radius 1 is 0.447 bits per heavy atom. The van der Waals surface area contributed by atoms with Crippen LogP contribution in [0.5, 0.6) is 0 Å². The van der Waals surface area contributed by atoms with Gasteiger partial charge in [0.25, 0.3) is 0 Å². The Morgan fingerprint density at radius 2 is 0.786 bits per heavy atom. The van der Waals surface area contributed by atoms with Gasteiger partial charge < -0.3 is 39.9 Å². The Kier molecular flexibility index (Phi) is 43.2. The van der Waals surface area contributed by atoms with Crippen LogP contribution in [-0.2, 0) is 55.8 Å². The van der Waals surface area contributed by atoms with Gasteiger partial charge in [0.05, 0.1) is 25.9 Å². The lowest BCUT2D eigenvalue weighted by Crippen LogP contribution is -2.30. The maximum atomic E-state index is 13.8. The van der Waals surface area contributed by atoms with Crippen molar-refractivity contribution in [1.82, 2.24) is 28.7 Å². The highest BCUT2D eigenvalue weighted by Crippen LogP contribution is 2.51. The molecule has 29 heteroatoms. The van der Waals surface area contributed by atoms with Gasteiger partial charge in [-0.05, 0) is 50.3 Å². The molecule has 3 amide bonds. The largest absolute Gasteiger partial charge is 0.472 e. The molecule has 3 aromatic heterocycles. The molecule has 5 N–H and O–H groups in total. The van der Waals surface area contributed by atoms with Crippen molar-refractivity contribution in [1.29, 1.82) is 0 Å². The van der Waals surface area contributed by atoms with Crippen molar-refractivity contribution < 1.29 is 65.6 Å². The first kappa shape index (κ1) is 87.4. The van der Waals surface area contributed by atoms with Crippen LogP contribution >= 0.6 is 27.4 Å². The first-order valence-corrected chi connectivity index (χ1v) is 43.5. The molecule has 26 nitrogen and oxygen atoms in total. The molecule has 103 heavy (non-hydrogen) atoms.